The highest BCUT2D eigenvalue weighted by Gasteiger charge is 2.11. The molecule has 9 heteroatoms. The molecule has 0 aliphatic carbocycles. The van der Waals surface area contributed by atoms with E-state index in [1.165, 1.54) is 0 Å². The summed E-state index contributed by atoms with van der Waals surface area (Å²) in [6, 6.07) is 10.7. The molecule has 2 amide bonds. The van der Waals surface area contributed by atoms with Gasteiger partial charge in [0.05, 0.1) is 0 Å². The first-order chi connectivity index (χ1) is 13.4. The minimum Gasteiger partial charge on any atom is -0.356 e. The monoisotopic (exact) mass is 459 g/mol. The maximum absolute atomic E-state index is 12.2. The van der Waals surface area contributed by atoms with Crippen molar-refractivity contribution < 1.29 is 9.59 Å². The third-order valence-electron chi connectivity index (χ3n) is 3.73. The molecule has 0 aliphatic heterocycles. The van der Waals surface area contributed by atoms with Crippen molar-refractivity contribution in [3.8, 4) is 0 Å². The molecule has 0 aliphatic rings. The lowest BCUT2D eigenvalue weighted by molar-refractivity contribution is 0.0844. The number of H-pyrrole nitrogens is 1. The minimum absolute atomic E-state index is 0.341. The van der Waals surface area contributed by atoms with Crippen LogP contribution in [0.25, 0.3) is 0 Å². The molecule has 0 unspecified atom stereocenters. The largest absolute Gasteiger partial charge is 0.356 e. The zero-order chi connectivity index (χ0) is 20.1. The lowest BCUT2D eigenvalue weighted by Crippen LogP contribution is -2.41. The number of nitrogens with one attached hydrogen (secondary N) is 3. The van der Waals surface area contributed by atoms with E-state index in [1.54, 1.807) is 36.2 Å². The van der Waals surface area contributed by atoms with Gasteiger partial charge in [-0.3, -0.25) is 20.4 Å². The zero-order valence-electron chi connectivity index (χ0n) is 15.2. The van der Waals surface area contributed by atoms with E-state index in [2.05, 4.69) is 41.7 Å². The number of carbonyl (C=O) groups is 2. The van der Waals surface area contributed by atoms with E-state index in [0.717, 1.165) is 26.6 Å². The van der Waals surface area contributed by atoms with Gasteiger partial charge in [-0.25, -0.2) is 9.97 Å². The molecule has 2 heterocycles. The molecule has 0 bridgehead atoms. The molecule has 0 saturated heterocycles. The standard InChI is InChI=1S/C19H18BrN5O2S/c1-11-7-12(2)23-19(22-11)28-10-13-3-5-14(6-4-13)17(26)24-25-18(27)16-8-15(20)9-21-16/h3-9,21H,10H2,1-2H3,(H,24,26)(H,25,27). The van der Waals surface area contributed by atoms with Crippen molar-refractivity contribution in [2.75, 3.05) is 0 Å². The molecule has 3 N–H and O–H groups in total. The molecule has 3 aromatic rings. The molecule has 144 valence electrons. The number of carbonyl (C=O) groups excluding carboxylic acids is 2. The quantitative estimate of drug-likeness (QED) is 0.307. The Morgan fingerprint density at radius 1 is 1.04 bits per heavy atom. The average molecular weight is 460 g/mol. The minimum atomic E-state index is -0.430. The number of rotatable bonds is 5. The second-order valence-electron chi connectivity index (χ2n) is 6.06. The van der Waals surface area contributed by atoms with Crippen LogP contribution >= 0.6 is 27.7 Å². The van der Waals surface area contributed by atoms with E-state index >= 15 is 0 Å². The molecule has 2 aromatic heterocycles. The van der Waals surface area contributed by atoms with Crippen LogP contribution in [0.4, 0.5) is 0 Å². The Kier molecular flexibility index (Phi) is 6.48. The van der Waals surface area contributed by atoms with Crippen LogP contribution in [0.2, 0.25) is 0 Å². The molecule has 0 saturated carbocycles. The highest BCUT2D eigenvalue weighted by molar-refractivity contribution is 9.10. The second-order valence-corrected chi connectivity index (χ2v) is 7.92. The van der Waals surface area contributed by atoms with E-state index in [4.69, 9.17) is 0 Å². The summed E-state index contributed by atoms with van der Waals surface area (Å²) in [4.78, 5) is 35.7. The van der Waals surface area contributed by atoms with Crippen LogP contribution in [0.1, 0.15) is 37.8 Å². The number of hydrogen-bond donors (Lipinski definition) is 3. The number of hydrazine groups is 1. The molecule has 3 rings (SSSR count). The fraction of sp³-hybridized carbons (Fsp3) is 0.158. The Morgan fingerprint density at radius 2 is 1.68 bits per heavy atom. The highest BCUT2D eigenvalue weighted by atomic mass is 79.9. The van der Waals surface area contributed by atoms with Crippen LogP contribution < -0.4 is 10.9 Å². The second kappa shape index (κ2) is 9.03. The van der Waals surface area contributed by atoms with E-state index in [0.29, 0.717) is 17.0 Å². The highest BCUT2D eigenvalue weighted by Crippen LogP contribution is 2.20. The number of aromatic nitrogens is 3. The number of aromatic amines is 1. The molecule has 1 aromatic carbocycles. The summed E-state index contributed by atoms with van der Waals surface area (Å²) in [5, 5.41) is 0.734. The van der Waals surface area contributed by atoms with Crippen molar-refractivity contribution in [3.63, 3.8) is 0 Å². The predicted molar refractivity (Wildman–Crippen MR) is 111 cm³/mol. The molecular formula is C19H18BrN5O2S. The molecule has 0 fully saturated rings. The van der Waals surface area contributed by atoms with Gasteiger partial charge in [-0.2, -0.15) is 0 Å². The number of halogens is 1. The number of amides is 2. The van der Waals surface area contributed by atoms with Crippen LogP contribution in [0.3, 0.4) is 0 Å². The maximum Gasteiger partial charge on any atom is 0.286 e. The Hall–Kier alpha value is -2.65. The van der Waals surface area contributed by atoms with E-state index in [-0.39, 0.29) is 0 Å². The van der Waals surface area contributed by atoms with Crippen molar-refractivity contribution in [1.82, 2.24) is 25.8 Å². The number of nitrogens with zero attached hydrogens (tertiary/aromatic N) is 2. The van der Waals surface area contributed by atoms with Crippen LogP contribution in [0.15, 0.2) is 52.2 Å². The van der Waals surface area contributed by atoms with Crippen LogP contribution in [-0.2, 0) is 5.75 Å². The summed E-state index contributed by atoms with van der Waals surface area (Å²) in [6.45, 7) is 3.89. The van der Waals surface area contributed by atoms with Gasteiger partial charge in [0.1, 0.15) is 5.69 Å². The van der Waals surface area contributed by atoms with Crippen molar-refractivity contribution in [2.45, 2.75) is 24.8 Å². The molecule has 0 atom stereocenters. The van der Waals surface area contributed by atoms with Gasteiger partial charge in [0.25, 0.3) is 11.8 Å². The Morgan fingerprint density at radius 3 is 2.29 bits per heavy atom. The lowest BCUT2D eigenvalue weighted by Gasteiger charge is -2.07. The number of hydrogen-bond acceptors (Lipinski definition) is 5. The van der Waals surface area contributed by atoms with E-state index < -0.39 is 11.8 Å². The zero-order valence-corrected chi connectivity index (χ0v) is 17.6. The Bertz CT molecular complexity index is 984. The summed E-state index contributed by atoms with van der Waals surface area (Å²) in [5.74, 6) is -0.125. The first kappa shape index (κ1) is 20.1. The van der Waals surface area contributed by atoms with Crippen molar-refractivity contribution in [3.05, 3.63) is 75.3 Å². The van der Waals surface area contributed by atoms with Crippen molar-refractivity contribution >= 4 is 39.5 Å². The summed E-state index contributed by atoms with van der Waals surface area (Å²) < 4.78 is 0.753. The van der Waals surface area contributed by atoms with Crippen LogP contribution in [-0.4, -0.2) is 26.8 Å². The Labute approximate surface area is 174 Å². The predicted octanol–water partition coefficient (Wildman–Crippen LogP) is 3.55. The average Bonchev–Trinajstić information content (AvgIpc) is 3.10. The smallest absolute Gasteiger partial charge is 0.286 e. The SMILES string of the molecule is Cc1cc(C)nc(SCc2ccc(C(=O)NNC(=O)c3cc(Br)c[nH]3)cc2)n1. The maximum atomic E-state index is 12.2. The van der Waals surface area contributed by atoms with Gasteiger partial charge in [-0.15, -0.1) is 0 Å². The van der Waals surface area contributed by atoms with Crippen LogP contribution in [0.5, 0.6) is 0 Å². The molecule has 28 heavy (non-hydrogen) atoms. The first-order valence-electron chi connectivity index (χ1n) is 8.39. The van der Waals surface area contributed by atoms with Crippen LogP contribution in [0, 0.1) is 13.8 Å². The lowest BCUT2D eigenvalue weighted by atomic mass is 10.1. The summed E-state index contributed by atoms with van der Waals surface area (Å²) in [5.41, 5.74) is 8.48. The fourth-order valence-electron chi connectivity index (χ4n) is 2.41. The van der Waals surface area contributed by atoms with Crippen molar-refractivity contribution in [1.29, 1.82) is 0 Å². The van der Waals surface area contributed by atoms with Gasteiger partial charge in [-0.1, -0.05) is 23.9 Å². The summed E-state index contributed by atoms with van der Waals surface area (Å²) >= 11 is 4.79. The number of benzene rings is 1. The van der Waals surface area contributed by atoms with Gasteiger partial charge in [-0.05, 0) is 59.6 Å². The normalized spacial score (nSPS) is 10.5. The number of thioether (sulfide) groups is 1. The summed E-state index contributed by atoms with van der Waals surface area (Å²) in [6.07, 6.45) is 1.64. The van der Waals surface area contributed by atoms with Gasteiger partial charge < -0.3 is 4.98 Å². The molecule has 0 spiro atoms. The van der Waals surface area contributed by atoms with Crippen molar-refractivity contribution in [2.24, 2.45) is 0 Å². The van der Waals surface area contributed by atoms with Gasteiger partial charge in [0.2, 0.25) is 0 Å². The Balaban J connectivity index is 1.53. The first-order valence-corrected chi connectivity index (χ1v) is 10.2. The van der Waals surface area contributed by atoms with E-state index in [1.807, 2.05) is 32.0 Å². The number of aryl methyl sites for hydroxylation is 2. The third-order valence-corrected chi connectivity index (χ3v) is 5.10. The molecular weight excluding hydrogens is 442 g/mol. The molecule has 0 radical (unpaired) electrons. The molecule has 7 nitrogen and oxygen atoms in total. The van der Waals surface area contributed by atoms with Gasteiger partial charge in [0.15, 0.2) is 5.16 Å². The third kappa shape index (κ3) is 5.43. The fourth-order valence-corrected chi connectivity index (χ4v) is 3.66. The van der Waals surface area contributed by atoms with E-state index in [9.17, 15) is 9.59 Å². The summed E-state index contributed by atoms with van der Waals surface area (Å²) in [7, 11) is 0. The van der Waals surface area contributed by atoms with Gasteiger partial charge in [0, 0.05) is 33.4 Å². The van der Waals surface area contributed by atoms with Gasteiger partial charge >= 0.3 is 0 Å². The topological polar surface area (TPSA) is 99.8 Å².